The number of halogens is 4. The molecular formula is C18H24ClF3N2O2. The van der Waals surface area contributed by atoms with Crippen LogP contribution in [0.3, 0.4) is 0 Å². The maximum Gasteiger partial charge on any atom is 0.573 e. The maximum atomic E-state index is 12.4. The molecule has 0 bridgehead atoms. The zero-order valence-corrected chi connectivity index (χ0v) is 15.2. The zero-order chi connectivity index (χ0) is 17.9. The fraction of sp³-hybridized carbons (Fsp3) is 0.611. The smallest absolute Gasteiger partial charge is 0.406 e. The average molecular weight is 393 g/mol. The summed E-state index contributed by atoms with van der Waals surface area (Å²) in [6.45, 7) is 2.55. The molecule has 8 heteroatoms. The summed E-state index contributed by atoms with van der Waals surface area (Å²) in [5.41, 5.74) is 0.688. The van der Waals surface area contributed by atoms with Crippen molar-refractivity contribution in [3.8, 4) is 5.75 Å². The van der Waals surface area contributed by atoms with Crippen LogP contribution in [0.5, 0.6) is 5.75 Å². The molecule has 2 aliphatic rings. The molecule has 4 nitrogen and oxygen atoms in total. The molecule has 1 aliphatic heterocycles. The predicted molar refractivity (Wildman–Crippen MR) is 94.4 cm³/mol. The summed E-state index contributed by atoms with van der Waals surface area (Å²) in [4.78, 5) is 14.2. The fourth-order valence-corrected chi connectivity index (χ4v) is 3.08. The van der Waals surface area contributed by atoms with Crippen molar-refractivity contribution in [2.45, 2.75) is 44.5 Å². The lowest BCUT2D eigenvalue weighted by Crippen LogP contribution is -2.45. The molecular weight excluding hydrogens is 369 g/mol. The van der Waals surface area contributed by atoms with Crippen molar-refractivity contribution in [1.29, 1.82) is 0 Å². The normalized spacial score (nSPS) is 18.3. The van der Waals surface area contributed by atoms with Crippen molar-refractivity contribution < 1.29 is 22.7 Å². The molecule has 3 rings (SSSR count). The minimum atomic E-state index is -4.70. The van der Waals surface area contributed by atoms with Gasteiger partial charge in [-0.05, 0) is 55.8 Å². The summed E-state index contributed by atoms with van der Waals surface area (Å²) < 4.78 is 40.3. The van der Waals surface area contributed by atoms with Gasteiger partial charge in [0, 0.05) is 19.1 Å². The average Bonchev–Trinajstić information content (AvgIpc) is 3.38. The number of rotatable bonds is 6. The topological polar surface area (TPSA) is 41.6 Å². The Morgan fingerprint density at radius 2 is 1.73 bits per heavy atom. The molecule has 1 saturated heterocycles. The quantitative estimate of drug-likeness (QED) is 0.805. The van der Waals surface area contributed by atoms with Crippen LogP contribution in [0.25, 0.3) is 0 Å². The van der Waals surface area contributed by atoms with Gasteiger partial charge in [0.1, 0.15) is 5.75 Å². The molecule has 1 aliphatic carbocycles. The predicted octanol–water partition coefficient (Wildman–Crippen LogP) is 3.54. The second-order valence-corrected chi connectivity index (χ2v) is 6.88. The molecule has 0 spiro atoms. The monoisotopic (exact) mass is 392 g/mol. The number of likely N-dealkylation sites (tertiary alicyclic amines) is 1. The molecule has 1 heterocycles. The van der Waals surface area contributed by atoms with E-state index in [0.717, 1.165) is 38.4 Å². The number of amides is 1. The number of nitrogens with one attached hydrogen (secondary N) is 1. The third-order valence-electron chi connectivity index (χ3n) is 4.75. The minimum absolute atomic E-state index is 0. The van der Waals surface area contributed by atoms with Gasteiger partial charge in [0.05, 0.1) is 6.42 Å². The second kappa shape index (κ2) is 8.95. The Bertz CT molecular complexity index is 583. The van der Waals surface area contributed by atoms with Crippen molar-refractivity contribution in [3.63, 3.8) is 0 Å². The largest absolute Gasteiger partial charge is 0.573 e. The number of piperidine rings is 1. The maximum absolute atomic E-state index is 12.4. The van der Waals surface area contributed by atoms with Crippen LogP contribution in [-0.4, -0.2) is 42.8 Å². The Hall–Kier alpha value is -1.47. The van der Waals surface area contributed by atoms with E-state index in [-0.39, 0.29) is 30.5 Å². The molecule has 1 N–H and O–H groups in total. The van der Waals surface area contributed by atoms with Crippen LogP contribution in [-0.2, 0) is 11.2 Å². The third-order valence-corrected chi connectivity index (χ3v) is 4.75. The fourth-order valence-electron chi connectivity index (χ4n) is 3.08. The molecule has 146 valence electrons. The van der Waals surface area contributed by atoms with Crippen molar-refractivity contribution in [2.75, 3.05) is 19.6 Å². The molecule has 0 unspecified atom stereocenters. The highest BCUT2D eigenvalue weighted by Gasteiger charge is 2.31. The van der Waals surface area contributed by atoms with Crippen molar-refractivity contribution in [2.24, 2.45) is 5.92 Å². The van der Waals surface area contributed by atoms with Gasteiger partial charge in [-0.15, -0.1) is 25.6 Å². The van der Waals surface area contributed by atoms with E-state index in [9.17, 15) is 18.0 Å². The van der Waals surface area contributed by atoms with E-state index in [0.29, 0.717) is 11.6 Å². The molecule has 2 fully saturated rings. The van der Waals surface area contributed by atoms with Gasteiger partial charge >= 0.3 is 6.36 Å². The van der Waals surface area contributed by atoms with Crippen LogP contribution in [0, 0.1) is 5.92 Å². The minimum Gasteiger partial charge on any atom is -0.406 e. The van der Waals surface area contributed by atoms with Crippen LogP contribution in [0.4, 0.5) is 13.2 Å². The lowest BCUT2D eigenvalue weighted by atomic mass is 10.0. The summed E-state index contributed by atoms with van der Waals surface area (Å²) in [7, 11) is 0. The number of ether oxygens (including phenoxy) is 1. The number of alkyl halides is 3. The lowest BCUT2D eigenvalue weighted by molar-refractivity contribution is -0.274. The van der Waals surface area contributed by atoms with Gasteiger partial charge in [0.25, 0.3) is 0 Å². The van der Waals surface area contributed by atoms with Gasteiger partial charge in [0.2, 0.25) is 5.91 Å². The first-order chi connectivity index (χ1) is 11.9. The van der Waals surface area contributed by atoms with Gasteiger partial charge < -0.3 is 15.0 Å². The summed E-state index contributed by atoms with van der Waals surface area (Å²) in [5, 5.41) is 3.57. The van der Waals surface area contributed by atoms with Gasteiger partial charge in [-0.2, -0.15) is 0 Å². The molecule has 0 aromatic heterocycles. The Morgan fingerprint density at radius 3 is 2.27 bits per heavy atom. The van der Waals surface area contributed by atoms with Crippen molar-refractivity contribution in [3.05, 3.63) is 29.8 Å². The van der Waals surface area contributed by atoms with Gasteiger partial charge in [0.15, 0.2) is 0 Å². The van der Waals surface area contributed by atoms with E-state index < -0.39 is 6.36 Å². The summed E-state index contributed by atoms with van der Waals surface area (Å²) in [5.74, 6) is 0.598. The highest BCUT2D eigenvalue weighted by atomic mass is 35.5. The lowest BCUT2D eigenvalue weighted by Gasteiger charge is -2.32. The first-order valence-corrected chi connectivity index (χ1v) is 8.75. The molecule has 1 aromatic rings. The van der Waals surface area contributed by atoms with E-state index in [4.69, 9.17) is 0 Å². The van der Waals surface area contributed by atoms with E-state index >= 15 is 0 Å². The summed E-state index contributed by atoms with van der Waals surface area (Å²) >= 11 is 0. The standard InChI is InChI=1S/C18H23F3N2O2.ClH/c19-18(20,21)25-16-5-3-13(4-6-16)11-17(24)23-9-7-15(8-10-23)22-12-14-1-2-14;/h3-6,14-15,22H,1-2,7-12H2;1H. The number of benzene rings is 1. The van der Waals surface area contributed by atoms with E-state index in [1.165, 1.54) is 37.1 Å². The number of carbonyl (C=O) groups excluding carboxylic acids is 1. The van der Waals surface area contributed by atoms with Gasteiger partial charge in [-0.3, -0.25) is 4.79 Å². The van der Waals surface area contributed by atoms with Gasteiger partial charge in [-0.25, -0.2) is 0 Å². The van der Waals surface area contributed by atoms with Crippen molar-refractivity contribution in [1.82, 2.24) is 10.2 Å². The highest BCUT2D eigenvalue weighted by Crippen LogP contribution is 2.28. The molecule has 26 heavy (non-hydrogen) atoms. The van der Waals surface area contributed by atoms with Crippen LogP contribution >= 0.6 is 12.4 Å². The molecule has 0 atom stereocenters. The highest BCUT2D eigenvalue weighted by molar-refractivity contribution is 5.85. The molecule has 1 aromatic carbocycles. The molecule has 1 saturated carbocycles. The number of nitrogens with zero attached hydrogens (tertiary/aromatic N) is 1. The SMILES string of the molecule is Cl.O=C(Cc1ccc(OC(F)(F)F)cc1)N1CCC(NCC2CC2)CC1. The molecule has 0 radical (unpaired) electrons. The van der Waals surface area contributed by atoms with E-state index in [1.807, 2.05) is 4.90 Å². The first kappa shape index (κ1) is 20.8. The number of carbonyl (C=O) groups is 1. The number of hydrogen-bond acceptors (Lipinski definition) is 3. The zero-order valence-electron chi connectivity index (χ0n) is 14.4. The summed E-state index contributed by atoms with van der Waals surface area (Å²) in [6, 6.07) is 5.98. The first-order valence-electron chi connectivity index (χ1n) is 8.75. The van der Waals surface area contributed by atoms with Crippen LogP contribution in [0.15, 0.2) is 24.3 Å². The van der Waals surface area contributed by atoms with E-state index in [2.05, 4.69) is 10.1 Å². The Morgan fingerprint density at radius 1 is 1.12 bits per heavy atom. The van der Waals surface area contributed by atoms with Crippen LogP contribution in [0.2, 0.25) is 0 Å². The van der Waals surface area contributed by atoms with Crippen LogP contribution < -0.4 is 10.1 Å². The Balaban J connectivity index is 0.00000243. The van der Waals surface area contributed by atoms with E-state index in [1.54, 1.807) is 0 Å². The Kier molecular flexibility index (Phi) is 7.17. The van der Waals surface area contributed by atoms with Crippen LogP contribution in [0.1, 0.15) is 31.2 Å². The second-order valence-electron chi connectivity index (χ2n) is 6.88. The third kappa shape index (κ3) is 6.68. The Labute approximate surface area is 157 Å². The van der Waals surface area contributed by atoms with Crippen molar-refractivity contribution >= 4 is 18.3 Å². The van der Waals surface area contributed by atoms with Gasteiger partial charge in [-0.1, -0.05) is 12.1 Å². The number of hydrogen-bond donors (Lipinski definition) is 1. The molecule has 1 amide bonds. The summed E-state index contributed by atoms with van der Waals surface area (Å²) in [6.07, 6.45) is 0.0730.